The standard InChI is InChI=1S/C15H18O/c1-13(2)6-4-7-14(3)8-5-9-15-10-11-16-12-15/h6-7,10-14H,8H2,1-3H3/t4?,14-/m0/s1. The summed E-state index contributed by atoms with van der Waals surface area (Å²) in [5.41, 5.74) is 4.13. The molecule has 0 aliphatic heterocycles. The minimum absolute atomic E-state index is 0.439. The molecule has 0 spiro atoms. The van der Waals surface area contributed by atoms with Gasteiger partial charge in [0, 0.05) is 6.42 Å². The first-order valence-corrected chi connectivity index (χ1v) is 5.62. The number of rotatable bonds is 3. The molecule has 1 aromatic heterocycles. The predicted octanol–water partition coefficient (Wildman–Crippen LogP) is 4.02. The molecule has 1 rings (SSSR count). The van der Waals surface area contributed by atoms with Crippen molar-refractivity contribution >= 4 is 0 Å². The van der Waals surface area contributed by atoms with Gasteiger partial charge in [0.05, 0.1) is 11.8 Å². The molecule has 0 saturated heterocycles. The molecule has 0 aromatic carbocycles. The van der Waals surface area contributed by atoms with Crippen molar-refractivity contribution in [2.24, 2.45) is 11.8 Å². The average molecular weight is 214 g/mol. The van der Waals surface area contributed by atoms with Crippen LogP contribution in [0.15, 0.2) is 40.9 Å². The Morgan fingerprint density at radius 1 is 1.31 bits per heavy atom. The van der Waals surface area contributed by atoms with Crippen LogP contribution < -0.4 is 0 Å². The Bertz CT molecular complexity index is 406. The van der Waals surface area contributed by atoms with Crippen LogP contribution in [0.1, 0.15) is 32.8 Å². The van der Waals surface area contributed by atoms with Gasteiger partial charge in [-0.1, -0.05) is 32.6 Å². The molecule has 0 radical (unpaired) electrons. The predicted molar refractivity (Wildman–Crippen MR) is 66.9 cm³/mol. The molecule has 0 bridgehead atoms. The Labute approximate surface area is 97.9 Å². The lowest BCUT2D eigenvalue weighted by Gasteiger charge is -1.95. The van der Waals surface area contributed by atoms with Crippen LogP contribution >= 0.6 is 0 Å². The van der Waals surface area contributed by atoms with Crippen LogP contribution in [0.4, 0.5) is 0 Å². The highest BCUT2D eigenvalue weighted by atomic mass is 16.3. The number of hydrogen-bond acceptors (Lipinski definition) is 1. The smallest absolute Gasteiger partial charge is 0.106 e. The van der Waals surface area contributed by atoms with E-state index in [1.165, 1.54) is 0 Å². The Morgan fingerprint density at radius 2 is 2.12 bits per heavy atom. The quantitative estimate of drug-likeness (QED) is 0.547. The van der Waals surface area contributed by atoms with Gasteiger partial charge in [-0.2, -0.15) is 0 Å². The maximum absolute atomic E-state index is 4.94. The molecule has 84 valence electrons. The van der Waals surface area contributed by atoms with E-state index in [-0.39, 0.29) is 0 Å². The van der Waals surface area contributed by atoms with E-state index in [1.807, 2.05) is 6.07 Å². The van der Waals surface area contributed by atoms with Gasteiger partial charge >= 0.3 is 0 Å². The fourth-order valence-corrected chi connectivity index (χ4v) is 1.12. The van der Waals surface area contributed by atoms with Crippen molar-refractivity contribution in [3.05, 3.63) is 42.0 Å². The Morgan fingerprint density at radius 3 is 2.75 bits per heavy atom. The van der Waals surface area contributed by atoms with Gasteiger partial charge in [-0.3, -0.25) is 0 Å². The summed E-state index contributed by atoms with van der Waals surface area (Å²) in [5, 5.41) is 0. The minimum Gasteiger partial charge on any atom is -0.471 e. The van der Waals surface area contributed by atoms with Crippen LogP contribution in [-0.4, -0.2) is 0 Å². The van der Waals surface area contributed by atoms with Crippen LogP contribution in [-0.2, 0) is 0 Å². The van der Waals surface area contributed by atoms with E-state index in [0.717, 1.165) is 12.0 Å². The SMILES string of the molecule is CC(C)C=C=C[C@H](C)CC#Cc1ccoc1. The Balaban J connectivity index is 2.41. The molecule has 0 N–H and O–H groups in total. The van der Waals surface area contributed by atoms with Crippen LogP contribution in [0, 0.1) is 23.7 Å². The van der Waals surface area contributed by atoms with Crippen molar-refractivity contribution in [1.29, 1.82) is 0 Å². The van der Waals surface area contributed by atoms with Crippen molar-refractivity contribution < 1.29 is 4.42 Å². The molecule has 0 aliphatic carbocycles. The van der Waals surface area contributed by atoms with Gasteiger partial charge in [0.25, 0.3) is 0 Å². The maximum atomic E-state index is 4.94. The second kappa shape index (κ2) is 6.77. The first kappa shape index (κ1) is 12.4. The fourth-order valence-electron chi connectivity index (χ4n) is 1.12. The van der Waals surface area contributed by atoms with Gasteiger partial charge in [-0.05, 0) is 30.1 Å². The third kappa shape index (κ3) is 5.29. The van der Waals surface area contributed by atoms with Crippen molar-refractivity contribution in [2.75, 3.05) is 0 Å². The van der Waals surface area contributed by atoms with E-state index in [1.54, 1.807) is 12.5 Å². The van der Waals surface area contributed by atoms with Crippen molar-refractivity contribution in [1.82, 2.24) is 0 Å². The zero-order valence-electron chi connectivity index (χ0n) is 10.2. The highest BCUT2D eigenvalue weighted by Gasteiger charge is 1.92. The molecule has 1 heteroatoms. The highest BCUT2D eigenvalue weighted by Crippen LogP contribution is 2.03. The molecule has 0 fully saturated rings. The summed E-state index contributed by atoms with van der Waals surface area (Å²) < 4.78 is 4.94. The molecule has 1 aromatic rings. The lowest BCUT2D eigenvalue weighted by molar-refractivity contribution is 0.566. The molecule has 1 atom stereocenters. The summed E-state index contributed by atoms with van der Waals surface area (Å²) >= 11 is 0. The molecular weight excluding hydrogens is 196 g/mol. The first-order chi connectivity index (χ1) is 7.68. The third-order valence-corrected chi connectivity index (χ3v) is 1.99. The molecule has 0 amide bonds. The summed E-state index contributed by atoms with van der Waals surface area (Å²) in [5.74, 6) is 7.18. The maximum Gasteiger partial charge on any atom is 0.106 e. The molecule has 1 heterocycles. The number of hydrogen-bond donors (Lipinski definition) is 0. The van der Waals surface area contributed by atoms with E-state index in [0.29, 0.717) is 11.8 Å². The monoisotopic (exact) mass is 214 g/mol. The second-order valence-corrected chi connectivity index (χ2v) is 4.24. The lowest BCUT2D eigenvalue weighted by Crippen LogP contribution is -1.85. The normalized spacial score (nSPS) is 11.2. The van der Waals surface area contributed by atoms with Crippen molar-refractivity contribution in [2.45, 2.75) is 27.2 Å². The number of furan rings is 1. The summed E-state index contributed by atoms with van der Waals surface area (Å²) in [6.45, 7) is 6.43. The van der Waals surface area contributed by atoms with Crippen LogP contribution in [0.25, 0.3) is 0 Å². The van der Waals surface area contributed by atoms with Gasteiger partial charge in [-0.25, -0.2) is 0 Å². The van der Waals surface area contributed by atoms with Gasteiger partial charge in [0.15, 0.2) is 0 Å². The Hall–Kier alpha value is -1.64. The molecule has 0 unspecified atom stereocenters. The molecule has 0 aliphatic rings. The molecule has 0 saturated carbocycles. The van der Waals surface area contributed by atoms with Crippen LogP contribution in [0.2, 0.25) is 0 Å². The zero-order chi connectivity index (χ0) is 11.8. The van der Waals surface area contributed by atoms with E-state index in [4.69, 9.17) is 4.42 Å². The second-order valence-electron chi connectivity index (χ2n) is 4.24. The first-order valence-electron chi connectivity index (χ1n) is 5.62. The minimum atomic E-state index is 0.439. The lowest BCUT2D eigenvalue weighted by atomic mass is 10.1. The third-order valence-electron chi connectivity index (χ3n) is 1.99. The van der Waals surface area contributed by atoms with Gasteiger partial charge < -0.3 is 4.42 Å². The van der Waals surface area contributed by atoms with Crippen LogP contribution in [0.3, 0.4) is 0 Å². The number of allylic oxidation sites excluding steroid dienone is 1. The fraction of sp³-hybridized carbons (Fsp3) is 0.400. The van der Waals surface area contributed by atoms with E-state index < -0.39 is 0 Å². The summed E-state index contributed by atoms with van der Waals surface area (Å²) in [6, 6.07) is 1.87. The van der Waals surface area contributed by atoms with Crippen molar-refractivity contribution in [3.8, 4) is 11.8 Å². The summed E-state index contributed by atoms with van der Waals surface area (Å²) in [6.07, 6.45) is 8.29. The van der Waals surface area contributed by atoms with Gasteiger partial charge in [0.2, 0.25) is 0 Å². The topological polar surface area (TPSA) is 13.1 Å². The van der Waals surface area contributed by atoms with Crippen LogP contribution in [0.5, 0.6) is 0 Å². The highest BCUT2D eigenvalue weighted by molar-refractivity contribution is 5.30. The molecule has 16 heavy (non-hydrogen) atoms. The summed E-state index contributed by atoms with van der Waals surface area (Å²) in [4.78, 5) is 0. The van der Waals surface area contributed by atoms with Gasteiger partial charge in [-0.15, -0.1) is 5.73 Å². The van der Waals surface area contributed by atoms with E-state index >= 15 is 0 Å². The van der Waals surface area contributed by atoms with Gasteiger partial charge in [0.1, 0.15) is 6.26 Å². The zero-order valence-corrected chi connectivity index (χ0v) is 10.2. The summed E-state index contributed by atoms with van der Waals surface area (Å²) in [7, 11) is 0. The molecule has 1 nitrogen and oxygen atoms in total. The molecular formula is C15H18O. The van der Waals surface area contributed by atoms with E-state index in [9.17, 15) is 0 Å². The Kier molecular flexibility index (Phi) is 5.26. The largest absolute Gasteiger partial charge is 0.471 e. The van der Waals surface area contributed by atoms with Crippen molar-refractivity contribution in [3.63, 3.8) is 0 Å². The average Bonchev–Trinajstić information content (AvgIpc) is 2.70. The van der Waals surface area contributed by atoms with E-state index in [2.05, 4.69) is 50.5 Å².